The quantitative estimate of drug-likeness (QED) is 0.616. The number of anilines is 1. The van der Waals surface area contributed by atoms with Crippen LogP contribution in [0.2, 0.25) is 0 Å². The summed E-state index contributed by atoms with van der Waals surface area (Å²) in [4.78, 5) is 17.3. The van der Waals surface area contributed by atoms with Crippen molar-refractivity contribution in [2.45, 2.75) is 6.42 Å². The number of pyridine rings is 1. The number of rotatable bonds is 5. The zero-order valence-corrected chi connectivity index (χ0v) is 10.7. The van der Waals surface area contributed by atoms with E-state index in [-0.39, 0.29) is 5.97 Å². The lowest BCUT2D eigenvalue weighted by molar-refractivity contribution is -0.140. The average Bonchev–Trinajstić information content (AvgIpc) is 2.35. The van der Waals surface area contributed by atoms with Crippen molar-refractivity contribution in [3.63, 3.8) is 0 Å². The molecule has 5 nitrogen and oxygen atoms in total. The summed E-state index contributed by atoms with van der Waals surface area (Å²) in [5.41, 5.74) is 7.18. The zero-order valence-electron chi connectivity index (χ0n) is 9.84. The monoisotopic (exact) mass is 253 g/mol. The van der Waals surface area contributed by atoms with Crippen LogP contribution in [0.4, 0.5) is 5.69 Å². The van der Waals surface area contributed by atoms with E-state index in [1.165, 1.54) is 7.11 Å². The summed E-state index contributed by atoms with van der Waals surface area (Å²) in [6.07, 6.45) is 3.61. The molecule has 6 heteroatoms. The highest BCUT2D eigenvalue weighted by Crippen LogP contribution is 2.17. The molecule has 0 radical (unpaired) electrons. The first-order valence-corrected chi connectivity index (χ1v) is 5.49. The van der Waals surface area contributed by atoms with Crippen LogP contribution < -0.4 is 10.6 Å². The Morgan fingerprint density at radius 2 is 2.35 bits per heavy atom. The second-order valence-electron chi connectivity index (χ2n) is 3.50. The van der Waals surface area contributed by atoms with Crippen molar-refractivity contribution >= 4 is 28.9 Å². The third kappa shape index (κ3) is 3.67. The van der Waals surface area contributed by atoms with Gasteiger partial charge >= 0.3 is 5.97 Å². The molecule has 1 aromatic rings. The summed E-state index contributed by atoms with van der Waals surface area (Å²) in [6, 6.07) is 1.76. The number of aromatic nitrogens is 1. The summed E-state index contributed by atoms with van der Waals surface area (Å²) in [6.45, 7) is 0.522. The average molecular weight is 253 g/mol. The second kappa shape index (κ2) is 6.15. The molecule has 0 atom stereocenters. The first kappa shape index (κ1) is 13.4. The number of esters is 1. The van der Waals surface area contributed by atoms with Crippen molar-refractivity contribution in [3.05, 3.63) is 24.0 Å². The lowest BCUT2D eigenvalue weighted by Gasteiger charge is -2.20. The maximum Gasteiger partial charge on any atom is 0.307 e. The summed E-state index contributed by atoms with van der Waals surface area (Å²) in [5.74, 6) is -0.252. The molecule has 0 fully saturated rings. The largest absolute Gasteiger partial charge is 0.469 e. The molecule has 0 spiro atoms. The Balaban J connectivity index is 2.78. The molecule has 1 rings (SSSR count). The van der Waals surface area contributed by atoms with Gasteiger partial charge < -0.3 is 15.4 Å². The number of carbonyl (C=O) groups excluding carboxylic acids is 1. The van der Waals surface area contributed by atoms with E-state index >= 15 is 0 Å². The Labute approximate surface area is 106 Å². The Morgan fingerprint density at radius 3 is 2.94 bits per heavy atom. The van der Waals surface area contributed by atoms with Crippen LogP contribution in [0, 0.1) is 0 Å². The minimum Gasteiger partial charge on any atom is -0.469 e. The highest BCUT2D eigenvalue weighted by atomic mass is 32.1. The van der Waals surface area contributed by atoms with Crippen molar-refractivity contribution in [1.82, 2.24) is 4.98 Å². The minimum absolute atomic E-state index is 0.252. The Hall–Kier alpha value is -1.69. The van der Waals surface area contributed by atoms with Gasteiger partial charge in [0, 0.05) is 25.4 Å². The first-order valence-electron chi connectivity index (χ1n) is 5.08. The van der Waals surface area contributed by atoms with Crippen molar-refractivity contribution in [2.24, 2.45) is 5.73 Å². The predicted molar refractivity (Wildman–Crippen MR) is 70.0 cm³/mol. The molecule has 1 heterocycles. The smallest absolute Gasteiger partial charge is 0.307 e. The molecule has 2 N–H and O–H groups in total. The van der Waals surface area contributed by atoms with Crippen LogP contribution in [-0.4, -0.2) is 36.6 Å². The van der Waals surface area contributed by atoms with Gasteiger partial charge in [-0.25, -0.2) is 0 Å². The zero-order chi connectivity index (χ0) is 12.8. The lowest BCUT2D eigenvalue weighted by atomic mass is 10.2. The number of ether oxygens (including phenoxy) is 1. The Morgan fingerprint density at radius 1 is 1.65 bits per heavy atom. The van der Waals surface area contributed by atoms with Gasteiger partial charge in [-0.3, -0.25) is 9.78 Å². The van der Waals surface area contributed by atoms with E-state index in [4.69, 9.17) is 18.0 Å². The fourth-order valence-electron chi connectivity index (χ4n) is 1.38. The predicted octanol–water partition coefficient (Wildman–Crippen LogP) is 0.715. The molecule has 0 saturated carbocycles. The SMILES string of the molecule is COC(=O)CCN(C)c1cnccc1C(N)=S. The van der Waals surface area contributed by atoms with Crippen molar-refractivity contribution in [1.29, 1.82) is 0 Å². The van der Waals surface area contributed by atoms with Gasteiger partial charge in [-0.1, -0.05) is 12.2 Å². The highest BCUT2D eigenvalue weighted by molar-refractivity contribution is 7.80. The van der Waals surface area contributed by atoms with Crippen LogP contribution in [0.15, 0.2) is 18.5 Å². The van der Waals surface area contributed by atoms with Crippen LogP contribution in [0.25, 0.3) is 0 Å². The van der Waals surface area contributed by atoms with Gasteiger partial charge in [-0.05, 0) is 6.07 Å². The number of hydrogen-bond donors (Lipinski definition) is 1. The van der Waals surface area contributed by atoms with Crippen LogP contribution in [0.5, 0.6) is 0 Å². The number of carbonyl (C=O) groups is 1. The number of thiocarbonyl (C=S) groups is 1. The molecule has 17 heavy (non-hydrogen) atoms. The molecule has 0 unspecified atom stereocenters. The molecule has 0 bridgehead atoms. The minimum atomic E-state index is -0.252. The number of nitrogens with zero attached hydrogens (tertiary/aromatic N) is 2. The van der Waals surface area contributed by atoms with Crippen molar-refractivity contribution < 1.29 is 9.53 Å². The molecule has 1 aromatic heterocycles. The maximum absolute atomic E-state index is 11.1. The molecular weight excluding hydrogens is 238 g/mol. The van der Waals surface area contributed by atoms with Crippen LogP contribution in [0.1, 0.15) is 12.0 Å². The van der Waals surface area contributed by atoms with Gasteiger partial charge in [0.25, 0.3) is 0 Å². The standard InChI is InChI=1S/C11H15N3O2S/c1-14(6-4-10(15)16-2)9-7-13-5-3-8(9)11(12)17/h3,5,7H,4,6H2,1-2H3,(H2,12,17). The van der Waals surface area contributed by atoms with Crippen LogP contribution in [-0.2, 0) is 9.53 Å². The van der Waals surface area contributed by atoms with E-state index in [0.29, 0.717) is 18.0 Å². The molecule has 0 aliphatic carbocycles. The molecule has 0 aromatic carbocycles. The fourth-order valence-corrected chi connectivity index (χ4v) is 1.55. The van der Waals surface area contributed by atoms with Gasteiger partial charge in [-0.2, -0.15) is 0 Å². The molecular formula is C11H15N3O2S. The second-order valence-corrected chi connectivity index (χ2v) is 3.94. The summed E-state index contributed by atoms with van der Waals surface area (Å²) >= 11 is 4.96. The summed E-state index contributed by atoms with van der Waals surface area (Å²) < 4.78 is 4.58. The summed E-state index contributed by atoms with van der Waals surface area (Å²) in [5, 5.41) is 0. The third-order valence-corrected chi connectivity index (χ3v) is 2.58. The van der Waals surface area contributed by atoms with Gasteiger partial charge in [0.1, 0.15) is 4.99 Å². The Bertz CT molecular complexity index is 423. The van der Waals surface area contributed by atoms with Gasteiger partial charge in [0.15, 0.2) is 0 Å². The van der Waals surface area contributed by atoms with E-state index in [9.17, 15) is 4.79 Å². The summed E-state index contributed by atoms with van der Waals surface area (Å²) in [7, 11) is 3.22. The Kier molecular flexibility index (Phi) is 4.84. The highest BCUT2D eigenvalue weighted by Gasteiger charge is 2.11. The molecule has 0 amide bonds. The van der Waals surface area contributed by atoms with Crippen molar-refractivity contribution in [2.75, 3.05) is 25.6 Å². The van der Waals surface area contributed by atoms with E-state index in [2.05, 4.69) is 9.72 Å². The van der Waals surface area contributed by atoms with Gasteiger partial charge in [0.2, 0.25) is 0 Å². The van der Waals surface area contributed by atoms with Crippen LogP contribution in [0.3, 0.4) is 0 Å². The maximum atomic E-state index is 11.1. The molecule has 0 saturated heterocycles. The van der Waals surface area contributed by atoms with Crippen LogP contribution >= 0.6 is 12.2 Å². The number of nitrogens with two attached hydrogens (primary N) is 1. The van der Waals surface area contributed by atoms with E-state index < -0.39 is 0 Å². The number of hydrogen-bond acceptors (Lipinski definition) is 5. The normalized spacial score (nSPS) is 9.76. The lowest BCUT2D eigenvalue weighted by Crippen LogP contribution is -2.25. The van der Waals surface area contributed by atoms with E-state index in [1.807, 2.05) is 11.9 Å². The fraction of sp³-hybridized carbons (Fsp3) is 0.364. The van der Waals surface area contributed by atoms with Gasteiger partial charge in [0.05, 0.1) is 25.4 Å². The van der Waals surface area contributed by atoms with E-state index in [0.717, 1.165) is 11.3 Å². The number of methoxy groups -OCH3 is 1. The molecule has 0 aliphatic rings. The van der Waals surface area contributed by atoms with E-state index in [1.54, 1.807) is 18.5 Å². The topological polar surface area (TPSA) is 68.5 Å². The van der Waals surface area contributed by atoms with Crippen molar-refractivity contribution in [3.8, 4) is 0 Å². The first-order chi connectivity index (χ1) is 8.06. The third-order valence-electron chi connectivity index (χ3n) is 2.36. The van der Waals surface area contributed by atoms with Gasteiger partial charge in [-0.15, -0.1) is 0 Å². The molecule has 92 valence electrons. The molecule has 0 aliphatic heterocycles.